The Hall–Kier alpha value is -1.13. The number of aromatic nitrogens is 1. The van der Waals surface area contributed by atoms with Crippen molar-refractivity contribution in [3.05, 3.63) is 24.0 Å². The van der Waals surface area contributed by atoms with Crippen LogP contribution < -0.4 is 10.2 Å². The molecule has 0 aliphatic carbocycles. The molecule has 2 unspecified atom stereocenters. The lowest BCUT2D eigenvalue weighted by atomic mass is 10.1. The summed E-state index contributed by atoms with van der Waals surface area (Å²) in [6, 6.07) is 4.70. The van der Waals surface area contributed by atoms with Crippen LogP contribution in [-0.4, -0.2) is 50.7 Å². The van der Waals surface area contributed by atoms with Crippen LogP contribution in [0.15, 0.2) is 18.3 Å². The van der Waals surface area contributed by atoms with Crippen LogP contribution >= 0.6 is 0 Å². The second-order valence-electron chi connectivity index (χ2n) is 5.99. The Bertz CT molecular complexity index is 399. The summed E-state index contributed by atoms with van der Waals surface area (Å²) in [7, 11) is 6.37. The Morgan fingerprint density at radius 3 is 2.80 bits per heavy atom. The Morgan fingerprint density at radius 1 is 1.50 bits per heavy atom. The molecule has 0 spiro atoms. The monoisotopic (exact) mass is 276 g/mol. The number of anilines is 1. The van der Waals surface area contributed by atoms with Crippen molar-refractivity contribution in [1.29, 1.82) is 0 Å². The highest BCUT2D eigenvalue weighted by Gasteiger charge is 2.21. The molecule has 1 aromatic heterocycles. The molecule has 1 N–H and O–H groups in total. The molecule has 112 valence electrons. The number of hydrogen-bond donors (Lipinski definition) is 1. The van der Waals surface area contributed by atoms with Gasteiger partial charge in [0.15, 0.2) is 0 Å². The molecule has 1 aromatic rings. The minimum Gasteiger partial charge on any atom is -0.373 e. The van der Waals surface area contributed by atoms with Crippen LogP contribution in [0.4, 0.5) is 5.69 Å². The summed E-state index contributed by atoms with van der Waals surface area (Å²) >= 11 is 0. The Balaban J connectivity index is 1.95. The standard InChI is InChI=1S/C16H28N4/c1-5-15(17-2)16-7-6-14(10-18-16)20(4)12-13-8-9-19(3)11-13/h6-7,10,13,15,17H,5,8-9,11-12H2,1-4H3. The van der Waals surface area contributed by atoms with Gasteiger partial charge in [0.25, 0.3) is 0 Å². The predicted octanol–water partition coefficient (Wildman–Crippen LogP) is 2.14. The lowest BCUT2D eigenvalue weighted by molar-refractivity contribution is 0.396. The summed E-state index contributed by atoms with van der Waals surface area (Å²) in [4.78, 5) is 9.37. The molecule has 0 radical (unpaired) electrons. The van der Waals surface area contributed by atoms with E-state index in [1.54, 1.807) is 0 Å². The average Bonchev–Trinajstić information content (AvgIpc) is 2.86. The van der Waals surface area contributed by atoms with Crippen molar-refractivity contribution in [2.24, 2.45) is 5.92 Å². The molecule has 0 aromatic carbocycles. The molecule has 1 saturated heterocycles. The van der Waals surface area contributed by atoms with Crippen molar-refractivity contribution < 1.29 is 0 Å². The minimum atomic E-state index is 0.359. The third kappa shape index (κ3) is 3.70. The first kappa shape index (κ1) is 15.3. The fourth-order valence-corrected chi connectivity index (χ4v) is 3.06. The highest BCUT2D eigenvalue weighted by Crippen LogP contribution is 2.21. The number of pyridine rings is 1. The van der Waals surface area contributed by atoms with Crippen molar-refractivity contribution >= 4 is 5.69 Å². The number of hydrogen-bond acceptors (Lipinski definition) is 4. The van der Waals surface area contributed by atoms with Crippen LogP contribution in [0.2, 0.25) is 0 Å². The normalized spacial score (nSPS) is 21.1. The van der Waals surface area contributed by atoms with Gasteiger partial charge in [0.2, 0.25) is 0 Å². The van der Waals surface area contributed by atoms with Crippen LogP contribution in [0.25, 0.3) is 0 Å². The van der Waals surface area contributed by atoms with Gasteiger partial charge in [0.05, 0.1) is 17.6 Å². The zero-order valence-corrected chi connectivity index (χ0v) is 13.3. The fourth-order valence-electron chi connectivity index (χ4n) is 3.06. The lowest BCUT2D eigenvalue weighted by Gasteiger charge is -2.23. The quantitative estimate of drug-likeness (QED) is 0.862. The number of nitrogens with one attached hydrogen (secondary N) is 1. The number of likely N-dealkylation sites (tertiary alicyclic amines) is 1. The van der Waals surface area contributed by atoms with E-state index in [9.17, 15) is 0 Å². The number of rotatable bonds is 6. The van der Waals surface area contributed by atoms with Gasteiger partial charge in [-0.1, -0.05) is 6.92 Å². The molecule has 4 heteroatoms. The van der Waals surface area contributed by atoms with E-state index in [1.807, 2.05) is 13.2 Å². The maximum absolute atomic E-state index is 4.62. The van der Waals surface area contributed by atoms with E-state index in [1.165, 1.54) is 25.2 Å². The lowest BCUT2D eigenvalue weighted by Crippen LogP contribution is -2.27. The van der Waals surface area contributed by atoms with Crippen molar-refractivity contribution in [2.45, 2.75) is 25.8 Å². The van der Waals surface area contributed by atoms with E-state index in [2.05, 4.69) is 53.3 Å². The van der Waals surface area contributed by atoms with Crippen molar-refractivity contribution in [2.75, 3.05) is 45.7 Å². The van der Waals surface area contributed by atoms with Crippen LogP contribution in [0.3, 0.4) is 0 Å². The topological polar surface area (TPSA) is 31.4 Å². The number of nitrogens with zero attached hydrogens (tertiary/aromatic N) is 3. The van der Waals surface area contributed by atoms with E-state index >= 15 is 0 Å². The summed E-state index contributed by atoms with van der Waals surface area (Å²) in [5.41, 5.74) is 2.35. The van der Waals surface area contributed by atoms with E-state index < -0.39 is 0 Å². The maximum atomic E-state index is 4.62. The summed E-state index contributed by atoms with van der Waals surface area (Å²) in [5.74, 6) is 0.783. The molecule has 1 aliphatic rings. The first-order chi connectivity index (χ1) is 9.63. The van der Waals surface area contributed by atoms with E-state index in [0.717, 1.165) is 24.6 Å². The van der Waals surface area contributed by atoms with Gasteiger partial charge in [-0.25, -0.2) is 0 Å². The van der Waals surface area contributed by atoms with Crippen LogP contribution in [-0.2, 0) is 0 Å². The Labute approximate surface area is 123 Å². The van der Waals surface area contributed by atoms with Gasteiger partial charge >= 0.3 is 0 Å². The Kier molecular flexibility index (Phi) is 5.38. The first-order valence-corrected chi connectivity index (χ1v) is 7.67. The summed E-state index contributed by atoms with van der Waals surface area (Å²) < 4.78 is 0. The summed E-state index contributed by atoms with van der Waals surface area (Å²) in [5, 5.41) is 3.30. The smallest absolute Gasteiger partial charge is 0.0574 e. The van der Waals surface area contributed by atoms with E-state index in [4.69, 9.17) is 0 Å². The molecular weight excluding hydrogens is 248 g/mol. The predicted molar refractivity (Wildman–Crippen MR) is 85.2 cm³/mol. The molecule has 2 atom stereocenters. The first-order valence-electron chi connectivity index (χ1n) is 7.67. The van der Waals surface area contributed by atoms with Crippen molar-refractivity contribution in [3.8, 4) is 0 Å². The van der Waals surface area contributed by atoms with Gasteiger partial charge in [-0.15, -0.1) is 0 Å². The average molecular weight is 276 g/mol. The molecule has 0 saturated carbocycles. The molecule has 20 heavy (non-hydrogen) atoms. The van der Waals surface area contributed by atoms with Gasteiger partial charge in [-0.2, -0.15) is 0 Å². The van der Waals surface area contributed by atoms with Gasteiger partial charge in [0, 0.05) is 26.2 Å². The molecule has 1 fully saturated rings. The largest absolute Gasteiger partial charge is 0.373 e. The SMILES string of the molecule is CCC(NC)c1ccc(N(C)CC2CCN(C)C2)cn1. The molecule has 1 aliphatic heterocycles. The molecule has 2 rings (SSSR count). The maximum Gasteiger partial charge on any atom is 0.0574 e. The van der Waals surface area contributed by atoms with Crippen LogP contribution in [0, 0.1) is 5.92 Å². The second-order valence-corrected chi connectivity index (χ2v) is 5.99. The third-order valence-corrected chi connectivity index (χ3v) is 4.35. The highest BCUT2D eigenvalue weighted by molar-refractivity contribution is 5.44. The minimum absolute atomic E-state index is 0.359. The van der Waals surface area contributed by atoms with Crippen LogP contribution in [0.1, 0.15) is 31.5 Å². The summed E-state index contributed by atoms with van der Waals surface area (Å²) in [6.45, 7) is 5.75. The molecule has 0 amide bonds. The summed E-state index contributed by atoms with van der Waals surface area (Å²) in [6.07, 6.45) is 4.38. The Morgan fingerprint density at radius 2 is 2.30 bits per heavy atom. The zero-order chi connectivity index (χ0) is 14.5. The van der Waals surface area contributed by atoms with E-state index in [0.29, 0.717) is 6.04 Å². The fraction of sp³-hybridized carbons (Fsp3) is 0.688. The molecule has 2 heterocycles. The third-order valence-electron chi connectivity index (χ3n) is 4.35. The van der Waals surface area contributed by atoms with Crippen molar-refractivity contribution in [1.82, 2.24) is 15.2 Å². The second kappa shape index (κ2) is 7.04. The highest BCUT2D eigenvalue weighted by atomic mass is 15.2. The molecule has 0 bridgehead atoms. The molecular formula is C16H28N4. The van der Waals surface area contributed by atoms with Crippen molar-refractivity contribution in [3.63, 3.8) is 0 Å². The van der Waals surface area contributed by atoms with Gasteiger partial charge in [-0.3, -0.25) is 4.98 Å². The van der Waals surface area contributed by atoms with Gasteiger partial charge in [0.1, 0.15) is 0 Å². The van der Waals surface area contributed by atoms with E-state index in [-0.39, 0.29) is 0 Å². The van der Waals surface area contributed by atoms with Crippen LogP contribution in [0.5, 0.6) is 0 Å². The van der Waals surface area contributed by atoms with Gasteiger partial charge < -0.3 is 15.1 Å². The van der Waals surface area contributed by atoms with Gasteiger partial charge in [-0.05, 0) is 51.5 Å². The molecule has 4 nitrogen and oxygen atoms in total. The zero-order valence-electron chi connectivity index (χ0n) is 13.3.